The van der Waals surface area contributed by atoms with E-state index in [1.54, 1.807) is 31.2 Å². The maximum Gasteiger partial charge on any atom is 0.333 e. The van der Waals surface area contributed by atoms with Gasteiger partial charge in [0, 0.05) is 16.6 Å². The van der Waals surface area contributed by atoms with E-state index < -0.39 is 11.4 Å². The lowest BCUT2D eigenvalue weighted by Gasteiger charge is -2.30. The molecule has 2 rings (SSSR count). The zero-order valence-electron chi connectivity index (χ0n) is 16.1. The Kier molecular flexibility index (Phi) is 7.74. The van der Waals surface area contributed by atoms with Gasteiger partial charge in [-0.05, 0) is 24.6 Å². The third-order valence-corrected chi connectivity index (χ3v) is 6.02. The minimum atomic E-state index is -0.662. The number of benzene rings is 2. The molecule has 0 spiro atoms. The third kappa shape index (κ3) is 5.13. The predicted molar refractivity (Wildman–Crippen MR) is 118 cm³/mol. The first-order valence-corrected chi connectivity index (χ1v) is 10.1. The molecule has 0 aliphatic carbocycles. The van der Waals surface area contributed by atoms with E-state index in [-0.39, 0.29) is 50.4 Å². The third-order valence-electron chi connectivity index (χ3n) is 4.35. The van der Waals surface area contributed by atoms with E-state index in [1.807, 2.05) is 13.8 Å². The number of carbonyl (C=O) groups is 1. The van der Waals surface area contributed by atoms with Crippen LogP contribution in [0.15, 0.2) is 36.4 Å². The van der Waals surface area contributed by atoms with Gasteiger partial charge in [-0.25, -0.2) is 4.79 Å². The fraction of sp³-hybridized carbons (Fsp3) is 0.286. The molecule has 2 aromatic rings. The number of carbonyl (C=O) groups excluding carboxylic acids is 1. The topological polar surface area (TPSA) is 55.8 Å². The number of hydrogen-bond donors (Lipinski definition) is 1. The van der Waals surface area contributed by atoms with Gasteiger partial charge in [0.1, 0.15) is 29.0 Å². The van der Waals surface area contributed by atoms with Gasteiger partial charge in [-0.15, -0.1) is 0 Å². The van der Waals surface area contributed by atoms with Crippen molar-refractivity contribution in [2.24, 2.45) is 0 Å². The molecule has 0 unspecified atom stereocenters. The van der Waals surface area contributed by atoms with Crippen LogP contribution < -0.4 is 4.74 Å². The summed E-state index contributed by atoms with van der Waals surface area (Å²) in [4.78, 5) is 11.4. The van der Waals surface area contributed by atoms with Crippen LogP contribution in [0.5, 0.6) is 11.5 Å². The Balaban J connectivity index is 2.35. The van der Waals surface area contributed by atoms with Crippen LogP contribution in [0, 0.1) is 0 Å². The number of aromatic hydroxyl groups is 1. The van der Waals surface area contributed by atoms with Gasteiger partial charge in [-0.3, -0.25) is 0 Å². The molecule has 8 heteroatoms. The predicted octanol–water partition coefficient (Wildman–Crippen LogP) is 6.83. The van der Waals surface area contributed by atoms with Gasteiger partial charge in [0.25, 0.3) is 0 Å². The molecular weight excluding hydrogens is 458 g/mol. The summed E-state index contributed by atoms with van der Waals surface area (Å²) in [7, 11) is 0. The van der Waals surface area contributed by atoms with Gasteiger partial charge >= 0.3 is 5.97 Å². The van der Waals surface area contributed by atoms with E-state index in [0.717, 1.165) is 5.56 Å². The Morgan fingerprint density at radius 3 is 2.00 bits per heavy atom. The molecule has 4 nitrogen and oxygen atoms in total. The number of phenols is 1. The molecule has 0 aliphatic heterocycles. The summed E-state index contributed by atoms with van der Waals surface area (Å²) < 4.78 is 10.6. The molecule has 0 radical (unpaired) electrons. The van der Waals surface area contributed by atoms with Crippen LogP contribution in [-0.4, -0.2) is 24.3 Å². The van der Waals surface area contributed by atoms with Crippen LogP contribution in [0.25, 0.3) is 0 Å². The highest BCUT2D eigenvalue weighted by Crippen LogP contribution is 2.51. The summed E-state index contributed by atoms with van der Waals surface area (Å²) in [5.41, 5.74) is 1.01. The number of esters is 1. The second-order valence-electron chi connectivity index (χ2n) is 6.90. The normalized spacial score (nSPS) is 11.3. The zero-order valence-corrected chi connectivity index (χ0v) is 19.1. The number of halogens is 4. The molecule has 0 heterocycles. The van der Waals surface area contributed by atoms with Crippen LogP contribution in [0.4, 0.5) is 0 Å². The zero-order chi connectivity index (χ0) is 21.9. The van der Waals surface area contributed by atoms with Crippen LogP contribution in [0.3, 0.4) is 0 Å². The average Bonchev–Trinajstić information content (AvgIpc) is 2.65. The molecule has 0 amide bonds. The maximum atomic E-state index is 11.4. The van der Waals surface area contributed by atoms with Gasteiger partial charge in [-0.1, -0.05) is 79.0 Å². The quantitative estimate of drug-likeness (QED) is 0.205. The fourth-order valence-electron chi connectivity index (χ4n) is 2.71. The molecule has 0 aliphatic rings. The van der Waals surface area contributed by atoms with Gasteiger partial charge < -0.3 is 14.6 Å². The number of phenolic OH excluding ortho intramolecular Hbond substituents is 1. The molecule has 0 fully saturated rings. The van der Waals surface area contributed by atoms with Crippen LogP contribution in [0.1, 0.15) is 31.9 Å². The van der Waals surface area contributed by atoms with Crippen molar-refractivity contribution in [1.29, 1.82) is 0 Å². The highest BCUT2D eigenvalue weighted by Gasteiger charge is 2.33. The Morgan fingerprint density at radius 1 is 1.00 bits per heavy atom. The van der Waals surface area contributed by atoms with Crippen molar-refractivity contribution < 1.29 is 19.4 Å². The maximum absolute atomic E-state index is 11.4. The molecule has 156 valence electrons. The van der Waals surface area contributed by atoms with E-state index >= 15 is 0 Å². The Morgan fingerprint density at radius 2 is 1.52 bits per heavy atom. The molecular formula is C21H20Cl4O4. The number of hydrogen-bond acceptors (Lipinski definition) is 4. The lowest BCUT2D eigenvalue weighted by molar-refractivity contribution is -0.139. The Bertz CT molecular complexity index is 908. The minimum absolute atomic E-state index is 0.00577. The Labute approximate surface area is 189 Å². The number of ether oxygens (including phenoxy) is 2. The molecule has 0 saturated carbocycles. The van der Waals surface area contributed by atoms with Crippen LogP contribution in [-0.2, 0) is 14.9 Å². The minimum Gasteiger partial charge on any atom is -0.508 e. The SMILES string of the molecule is C=C(C)C(=O)OCCOc1c(Cl)c(Cl)c(C(C)(C)c2ccc(O)cc2)c(Cl)c1Cl. The first-order valence-electron chi connectivity index (χ1n) is 8.59. The van der Waals surface area contributed by atoms with E-state index in [0.29, 0.717) is 5.56 Å². The van der Waals surface area contributed by atoms with E-state index in [2.05, 4.69) is 6.58 Å². The van der Waals surface area contributed by atoms with Crippen molar-refractivity contribution in [3.63, 3.8) is 0 Å². The highest BCUT2D eigenvalue weighted by molar-refractivity contribution is 6.49. The molecule has 0 atom stereocenters. The molecule has 1 N–H and O–H groups in total. The van der Waals surface area contributed by atoms with Crippen molar-refractivity contribution >= 4 is 52.4 Å². The summed E-state index contributed by atoms with van der Waals surface area (Å²) in [6.45, 7) is 8.86. The first-order chi connectivity index (χ1) is 13.5. The van der Waals surface area contributed by atoms with Crippen molar-refractivity contribution in [3.8, 4) is 11.5 Å². The van der Waals surface area contributed by atoms with E-state index in [4.69, 9.17) is 55.9 Å². The second kappa shape index (κ2) is 9.48. The largest absolute Gasteiger partial charge is 0.508 e. The summed E-state index contributed by atoms with van der Waals surface area (Å²) in [5, 5.41) is 10.2. The summed E-state index contributed by atoms with van der Waals surface area (Å²) in [6, 6.07) is 6.69. The van der Waals surface area contributed by atoms with Gasteiger partial charge in [0.15, 0.2) is 5.75 Å². The number of rotatable bonds is 7. The van der Waals surface area contributed by atoms with Gasteiger partial charge in [0.05, 0.1) is 10.0 Å². The average molecular weight is 478 g/mol. The monoisotopic (exact) mass is 476 g/mol. The van der Waals surface area contributed by atoms with Crippen molar-refractivity contribution in [3.05, 3.63) is 67.6 Å². The Hall–Kier alpha value is -1.59. The molecule has 0 bridgehead atoms. The first kappa shape index (κ1) is 23.7. The molecule has 0 aromatic heterocycles. The van der Waals surface area contributed by atoms with E-state index in [1.165, 1.54) is 0 Å². The summed E-state index contributed by atoms with van der Waals surface area (Å²) in [5.74, 6) is -0.262. The van der Waals surface area contributed by atoms with Crippen LogP contribution >= 0.6 is 46.4 Å². The summed E-state index contributed by atoms with van der Waals surface area (Å²) >= 11 is 25.9. The van der Waals surface area contributed by atoms with Crippen LogP contribution in [0.2, 0.25) is 20.1 Å². The molecule has 2 aromatic carbocycles. The van der Waals surface area contributed by atoms with Gasteiger partial charge in [-0.2, -0.15) is 0 Å². The highest BCUT2D eigenvalue weighted by atomic mass is 35.5. The molecule has 29 heavy (non-hydrogen) atoms. The van der Waals surface area contributed by atoms with E-state index in [9.17, 15) is 9.90 Å². The van der Waals surface area contributed by atoms with Crippen molar-refractivity contribution in [2.75, 3.05) is 13.2 Å². The second-order valence-corrected chi connectivity index (χ2v) is 8.41. The van der Waals surface area contributed by atoms with Gasteiger partial charge in [0.2, 0.25) is 0 Å². The summed E-state index contributed by atoms with van der Waals surface area (Å²) in [6.07, 6.45) is 0. The standard InChI is InChI=1S/C21H20Cl4O4/c1-11(2)20(27)29-10-9-28-19-17(24)15(22)14(16(23)18(19)25)21(3,4)12-5-7-13(26)8-6-12/h5-8,26H,1,9-10H2,2-4H3. The van der Waals surface area contributed by atoms with Crippen molar-refractivity contribution in [1.82, 2.24) is 0 Å². The lowest BCUT2D eigenvalue weighted by Crippen LogP contribution is -2.21. The smallest absolute Gasteiger partial charge is 0.333 e. The van der Waals surface area contributed by atoms with Crippen molar-refractivity contribution in [2.45, 2.75) is 26.2 Å². The fourth-order valence-corrected chi connectivity index (χ4v) is 4.13. The lowest BCUT2D eigenvalue weighted by atomic mass is 9.78. The molecule has 0 saturated heterocycles.